The molecule has 0 fully saturated rings. The quantitative estimate of drug-likeness (QED) is 0.641. The molecule has 0 aromatic rings. The molecule has 0 amide bonds. The standard InChI is InChI=1S/C7H16OS2/c1-4-5-6-10(9)8-7(2)3/h7H,4-6H2,1-3H3. The van der Waals surface area contributed by atoms with Gasteiger partial charge in [-0.3, -0.25) is 0 Å². The summed E-state index contributed by atoms with van der Waals surface area (Å²) < 4.78 is 5.39. The van der Waals surface area contributed by atoms with Crippen molar-refractivity contribution in [2.45, 2.75) is 39.7 Å². The SMILES string of the molecule is CCCCS(=S)OC(C)C. The van der Waals surface area contributed by atoms with Crippen molar-refractivity contribution in [3.05, 3.63) is 0 Å². The van der Waals surface area contributed by atoms with E-state index in [9.17, 15) is 0 Å². The first-order valence-electron chi connectivity index (χ1n) is 3.72. The predicted molar refractivity (Wildman–Crippen MR) is 50.7 cm³/mol. The van der Waals surface area contributed by atoms with Crippen LogP contribution in [0.2, 0.25) is 0 Å². The second kappa shape index (κ2) is 6.25. The van der Waals surface area contributed by atoms with Gasteiger partial charge in [-0.2, -0.15) is 0 Å². The lowest BCUT2D eigenvalue weighted by molar-refractivity contribution is 0.285. The van der Waals surface area contributed by atoms with Crippen molar-refractivity contribution in [3.8, 4) is 0 Å². The molecule has 0 N–H and O–H groups in total. The van der Waals surface area contributed by atoms with Gasteiger partial charge in [-0.05, 0) is 31.5 Å². The fraction of sp³-hybridized carbons (Fsp3) is 1.00. The Morgan fingerprint density at radius 3 is 2.50 bits per heavy atom. The van der Waals surface area contributed by atoms with E-state index >= 15 is 0 Å². The van der Waals surface area contributed by atoms with Crippen molar-refractivity contribution in [1.82, 2.24) is 0 Å². The average Bonchev–Trinajstić information content (AvgIpc) is 1.82. The maximum atomic E-state index is 5.39. The lowest BCUT2D eigenvalue weighted by Crippen LogP contribution is -2.07. The van der Waals surface area contributed by atoms with Crippen molar-refractivity contribution in [2.24, 2.45) is 0 Å². The fourth-order valence-electron chi connectivity index (χ4n) is 0.525. The molecule has 0 aromatic carbocycles. The maximum Gasteiger partial charge on any atom is 0.0669 e. The molecule has 1 atom stereocenters. The van der Waals surface area contributed by atoms with Gasteiger partial charge in [-0.25, -0.2) is 0 Å². The second-order valence-electron chi connectivity index (χ2n) is 2.51. The lowest BCUT2D eigenvalue weighted by atomic mass is 10.4. The van der Waals surface area contributed by atoms with Crippen molar-refractivity contribution in [2.75, 3.05) is 5.75 Å². The van der Waals surface area contributed by atoms with E-state index in [0.717, 1.165) is 5.75 Å². The molecule has 1 nitrogen and oxygen atoms in total. The molecular formula is C7H16OS2. The van der Waals surface area contributed by atoms with Gasteiger partial charge in [-0.15, -0.1) is 0 Å². The molecule has 0 spiro atoms. The third kappa shape index (κ3) is 6.65. The molecule has 1 unspecified atom stereocenters. The maximum absolute atomic E-state index is 5.39. The minimum atomic E-state index is -0.217. The number of unbranched alkanes of at least 4 members (excludes halogenated alkanes) is 1. The van der Waals surface area contributed by atoms with E-state index in [4.69, 9.17) is 15.4 Å². The number of rotatable bonds is 5. The van der Waals surface area contributed by atoms with Crippen LogP contribution in [0.5, 0.6) is 0 Å². The highest BCUT2D eigenvalue weighted by Gasteiger charge is 1.97. The van der Waals surface area contributed by atoms with Crippen LogP contribution in [-0.2, 0) is 25.1 Å². The summed E-state index contributed by atoms with van der Waals surface area (Å²) in [4.78, 5) is 0. The summed E-state index contributed by atoms with van der Waals surface area (Å²) in [7, 11) is -0.217. The van der Waals surface area contributed by atoms with E-state index in [1.165, 1.54) is 12.8 Å². The van der Waals surface area contributed by atoms with Crippen LogP contribution in [0, 0.1) is 0 Å². The molecule has 0 bridgehead atoms. The summed E-state index contributed by atoms with van der Waals surface area (Å²) in [6.07, 6.45) is 2.69. The summed E-state index contributed by atoms with van der Waals surface area (Å²) in [5.41, 5.74) is 0. The van der Waals surface area contributed by atoms with Crippen LogP contribution < -0.4 is 0 Å². The first-order chi connectivity index (χ1) is 4.66. The third-order valence-corrected chi connectivity index (χ3v) is 2.92. The van der Waals surface area contributed by atoms with Gasteiger partial charge in [0.1, 0.15) is 0 Å². The summed E-state index contributed by atoms with van der Waals surface area (Å²) in [5, 5.41) is 0. The molecule has 0 rings (SSSR count). The first-order valence-corrected chi connectivity index (χ1v) is 5.96. The molecule has 0 radical (unpaired) electrons. The van der Waals surface area contributed by atoms with E-state index in [1.807, 2.05) is 13.8 Å². The highest BCUT2D eigenvalue weighted by Crippen LogP contribution is 1.98. The molecule has 62 valence electrons. The Morgan fingerprint density at radius 1 is 1.50 bits per heavy atom. The zero-order valence-electron chi connectivity index (χ0n) is 6.92. The Kier molecular flexibility index (Phi) is 6.59. The zero-order chi connectivity index (χ0) is 7.98. The van der Waals surface area contributed by atoms with E-state index in [0.29, 0.717) is 0 Å². The van der Waals surface area contributed by atoms with Crippen LogP contribution in [0.4, 0.5) is 0 Å². The monoisotopic (exact) mass is 180 g/mol. The van der Waals surface area contributed by atoms with E-state index in [-0.39, 0.29) is 15.8 Å². The van der Waals surface area contributed by atoms with Crippen LogP contribution in [0.25, 0.3) is 0 Å². The van der Waals surface area contributed by atoms with Crippen LogP contribution in [0.1, 0.15) is 33.6 Å². The summed E-state index contributed by atoms with van der Waals surface area (Å²) in [6, 6.07) is 0. The normalized spacial score (nSPS) is 14.0. The summed E-state index contributed by atoms with van der Waals surface area (Å²) in [6.45, 7) is 6.22. The smallest absolute Gasteiger partial charge is 0.0669 e. The van der Waals surface area contributed by atoms with Crippen molar-refractivity contribution >= 4 is 20.9 Å². The molecule has 0 aliphatic heterocycles. The topological polar surface area (TPSA) is 9.23 Å². The Balaban J connectivity index is 3.26. The van der Waals surface area contributed by atoms with E-state index in [1.54, 1.807) is 0 Å². The lowest BCUT2D eigenvalue weighted by Gasteiger charge is -2.07. The Bertz CT molecular complexity index is 102. The third-order valence-electron chi connectivity index (χ3n) is 0.964. The molecule has 0 saturated heterocycles. The van der Waals surface area contributed by atoms with Gasteiger partial charge in [0.05, 0.1) is 6.10 Å². The van der Waals surface area contributed by atoms with Crippen LogP contribution in [0.15, 0.2) is 0 Å². The van der Waals surface area contributed by atoms with Crippen LogP contribution in [-0.4, -0.2) is 11.9 Å². The Hall–Kier alpha value is 0.530. The largest absolute Gasteiger partial charge is 0.310 e. The molecule has 0 aliphatic rings. The molecule has 0 aliphatic carbocycles. The Labute approximate surface area is 71.0 Å². The molecule has 0 heterocycles. The molecule has 10 heavy (non-hydrogen) atoms. The first kappa shape index (κ1) is 10.5. The minimum Gasteiger partial charge on any atom is -0.310 e. The van der Waals surface area contributed by atoms with Crippen molar-refractivity contribution < 1.29 is 4.18 Å². The second-order valence-corrected chi connectivity index (χ2v) is 4.83. The molecule has 0 aromatic heterocycles. The number of hydrogen-bond acceptors (Lipinski definition) is 2. The number of hydrogen-bond donors (Lipinski definition) is 0. The molecular weight excluding hydrogens is 164 g/mol. The van der Waals surface area contributed by atoms with Crippen LogP contribution in [0.3, 0.4) is 0 Å². The van der Waals surface area contributed by atoms with Gasteiger partial charge in [-0.1, -0.05) is 13.3 Å². The van der Waals surface area contributed by atoms with Crippen molar-refractivity contribution in [1.29, 1.82) is 0 Å². The zero-order valence-corrected chi connectivity index (χ0v) is 8.56. The molecule has 3 heteroatoms. The minimum absolute atomic E-state index is 0.217. The van der Waals surface area contributed by atoms with Crippen molar-refractivity contribution in [3.63, 3.8) is 0 Å². The van der Waals surface area contributed by atoms with Gasteiger partial charge in [0.15, 0.2) is 0 Å². The summed E-state index contributed by atoms with van der Waals surface area (Å²) in [5.74, 6) is 1.05. The van der Waals surface area contributed by atoms with Crippen LogP contribution >= 0.6 is 0 Å². The Morgan fingerprint density at radius 2 is 2.10 bits per heavy atom. The van der Waals surface area contributed by atoms with Gasteiger partial charge in [0, 0.05) is 15.5 Å². The molecule has 0 saturated carbocycles. The van der Waals surface area contributed by atoms with Gasteiger partial charge in [0.2, 0.25) is 0 Å². The van der Waals surface area contributed by atoms with E-state index in [2.05, 4.69) is 6.92 Å². The predicted octanol–water partition coefficient (Wildman–Crippen LogP) is 2.21. The summed E-state index contributed by atoms with van der Waals surface area (Å²) >= 11 is 5.08. The highest BCUT2D eigenvalue weighted by atomic mass is 32.8. The van der Waals surface area contributed by atoms with E-state index < -0.39 is 0 Å². The van der Waals surface area contributed by atoms with Gasteiger partial charge >= 0.3 is 0 Å². The van der Waals surface area contributed by atoms with Gasteiger partial charge < -0.3 is 4.18 Å². The average molecular weight is 180 g/mol. The van der Waals surface area contributed by atoms with Gasteiger partial charge in [0.25, 0.3) is 0 Å². The fourth-order valence-corrected chi connectivity index (χ4v) is 2.40. The highest BCUT2D eigenvalue weighted by molar-refractivity contribution is 8.26.